The number of nitrogens with one attached hydrogen (secondary N) is 1. The number of ether oxygens (including phenoxy) is 3. The molecule has 2 unspecified atom stereocenters. The molecule has 0 saturated heterocycles. The maximum absolute atomic E-state index is 13.3. The minimum absolute atomic E-state index is 0.0135. The molecule has 3 heterocycles. The number of carboxylic acid groups (broad SMARTS) is 1. The Morgan fingerprint density at radius 2 is 1.60 bits per heavy atom. The van der Waals surface area contributed by atoms with E-state index in [-0.39, 0.29) is 46.5 Å². The van der Waals surface area contributed by atoms with Crippen LogP contribution in [0.5, 0.6) is 0 Å². The van der Waals surface area contributed by atoms with Crippen molar-refractivity contribution in [3.8, 4) is 22.4 Å². The maximum atomic E-state index is 13.3. The van der Waals surface area contributed by atoms with Gasteiger partial charge in [-0.05, 0) is 140 Å². The molecular weight excluding hydrogens is 735 g/mol. The molecule has 5 aliphatic rings. The minimum Gasteiger partial charge on any atom is -0.476 e. The van der Waals surface area contributed by atoms with Gasteiger partial charge in [-0.1, -0.05) is 26.0 Å². The molecule has 2 atom stereocenters. The lowest BCUT2D eigenvalue weighted by Crippen LogP contribution is -2.64. The Labute approximate surface area is 343 Å². The molecule has 314 valence electrons. The molecule has 2 aromatic heterocycles. The van der Waals surface area contributed by atoms with Crippen LogP contribution in [0.2, 0.25) is 0 Å². The number of pyridine rings is 1. The Kier molecular flexibility index (Phi) is 10.8. The van der Waals surface area contributed by atoms with Crippen LogP contribution in [0.3, 0.4) is 0 Å². The van der Waals surface area contributed by atoms with Gasteiger partial charge in [0.2, 0.25) is 0 Å². The van der Waals surface area contributed by atoms with E-state index in [4.69, 9.17) is 24.3 Å². The number of amides is 1. The summed E-state index contributed by atoms with van der Waals surface area (Å²) in [6.07, 6.45) is 9.52. The first-order valence-corrected chi connectivity index (χ1v) is 21.0. The first kappa shape index (κ1) is 41.7. The van der Waals surface area contributed by atoms with E-state index < -0.39 is 23.3 Å². The lowest BCUT2D eigenvalue weighted by Gasteiger charge is -2.69. The highest BCUT2D eigenvalue weighted by molar-refractivity contribution is 5.95. The number of benzene rings is 1. The largest absolute Gasteiger partial charge is 0.476 e. The summed E-state index contributed by atoms with van der Waals surface area (Å²) < 4.78 is 20.3. The molecule has 4 bridgehead atoms. The monoisotopic (exact) mass is 797 g/mol. The summed E-state index contributed by atoms with van der Waals surface area (Å²) in [6.45, 7) is 20.2. The fourth-order valence-corrected chi connectivity index (χ4v) is 11.6. The molecule has 4 fully saturated rings. The predicted octanol–water partition coefficient (Wildman–Crippen LogP) is 9.08. The second kappa shape index (κ2) is 15.0. The van der Waals surface area contributed by atoms with Crippen molar-refractivity contribution in [2.45, 2.75) is 143 Å². The van der Waals surface area contributed by atoms with Gasteiger partial charge in [0, 0.05) is 54.3 Å². The molecule has 4 aliphatic carbocycles. The number of aryl methyl sites for hydroxylation is 1. The number of aromatic carboxylic acids is 1. The van der Waals surface area contributed by atoms with Gasteiger partial charge in [0.1, 0.15) is 11.2 Å². The number of fused-ring (bicyclic) bond motifs is 1. The highest BCUT2D eigenvalue weighted by Gasteiger charge is 2.66. The third-order valence-corrected chi connectivity index (χ3v) is 12.4. The predicted molar refractivity (Wildman–Crippen MR) is 223 cm³/mol. The number of hydrogen-bond acceptors (Lipinski definition) is 9. The quantitative estimate of drug-likeness (QED) is 0.170. The molecule has 1 aromatic carbocycles. The van der Waals surface area contributed by atoms with Gasteiger partial charge < -0.3 is 29.5 Å². The molecule has 2 N–H and O–H groups in total. The summed E-state index contributed by atoms with van der Waals surface area (Å²) in [4.78, 5) is 44.9. The maximum Gasteiger partial charge on any atom is 0.410 e. The number of rotatable bonds is 12. The molecule has 12 nitrogen and oxygen atoms in total. The highest BCUT2D eigenvalue weighted by Crippen LogP contribution is 2.72. The van der Waals surface area contributed by atoms with Crippen molar-refractivity contribution < 1.29 is 33.7 Å². The zero-order chi connectivity index (χ0) is 41.9. The third-order valence-electron chi connectivity index (χ3n) is 12.4. The molecule has 12 heteroatoms. The summed E-state index contributed by atoms with van der Waals surface area (Å²) in [5, 5.41) is 18.8. The van der Waals surface area contributed by atoms with Gasteiger partial charge in [-0.3, -0.25) is 9.48 Å². The molecular formula is C46H63N5O7. The van der Waals surface area contributed by atoms with Crippen LogP contribution in [-0.2, 0) is 32.0 Å². The number of carbonyl (C=O) groups is 3. The Morgan fingerprint density at radius 3 is 2.28 bits per heavy atom. The van der Waals surface area contributed by atoms with E-state index in [9.17, 15) is 19.5 Å². The lowest BCUT2D eigenvalue weighted by atomic mass is 9.39. The molecule has 58 heavy (non-hydrogen) atoms. The molecule has 3 aromatic rings. The topological polar surface area (TPSA) is 145 Å². The molecule has 1 aliphatic heterocycles. The van der Waals surface area contributed by atoms with Gasteiger partial charge in [0.25, 0.3) is 0 Å². The zero-order valence-electron chi connectivity index (χ0n) is 36.0. The molecule has 0 spiro atoms. The van der Waals surface area contributed by atoms with Crippen molar-refractivity contribution >= 4 is 23.7 Å². The normalized spacial score (nSPS) is 26.2. The van der Waals surface area contributed by atoms with E-state index in [1.807, 2.05) is 66.7 Å². The van der Waals surface area contributed by atoms with Crippen molar-refractivity contribution in [2.75, 3.05) is 31.6 Å². The van der Waals surface area contributed by atoms with Crippen LogP contribution in [0.25, 0.3) is 22.4 Å². The van der Waals surface area contributed by atoms with E-state index in [0.717, 1.165) is 80.4 Å². The average molecular weight is 798 g/mol. The van der Waals surface area contributed by atoms with E-state index >= 15 is 0 Å². The van der Waals surface area contributed by atoms with E-state index in [1.165, 1.54) is 5.56 Å². The highest BCUT2D eigenvalue weighted by atomic mass is 16.6. The Hall–Kier alpha value is -4.45. The number of anilines is 1. The summed E-state index contributed by atoms with van der Waals surface area (Å²) in [5.41, 5.74) is 4.53. The second-order valence-electron chi connectivity index (χ2n) is 20.6. The fourth-order valence-electron chi connectivity index (χ4n) is 11.6. The van der Waals surface area contributed by atoms with Crippen molar-refractivity contribution in [3.05, 3.63) is 53.5 Å². The van der Waals surface area contributed by atoms with E-state index in [2.05, 4.69) is 36.0 Å². The van der Waals surface area contributed by atoms with Gasteiger partial charge >= 0.3 is 18.0 Å². The zero-order valence-corrected chi connectivity index (χ0v) is 36.0. The molecule has 8 rings (SSSR count). The smallest absolute Gasteiger partial charge is 0.410 e. The van der Waals surface area contributed by atoms with Gasteiger partial charge in [0.15, 0.2) is 5.69 Å². The standard InChI is InChI=1S/C46H63N5O7/c1-30-34(33-14-15-35(49-38(33)39(53)54)32-13-12-31-11-10-17-47-36(31)21-32)22-48-51(30)29-45-24-43(8)23-44(9,25-45)27-46(26-43,28-45)56-20-19-50(40(55)58-42(5,6)7)18-16-37(52)57-41(2,3)4/h12-15,21-22,47H,10-11,16-20,23-29H2,1-9H3,(H,53,54). The van der Waals surface area contributed by atoms with Gasteiger partial charge in [-0.2, -0.15) is 5.10 Å². The fraction of sp³-hybridized carbons (Fsp3) is 0.630. The van der Waals surface area contributed by atoms with Crippen LogP contribution in [0.1, 0.15) is 129 Å². The lowest BCUT2D eigenvalue weighted by molar-refractivity contribution is -0.248. The first-order chi connectivity index (χ1) is 27.1. The SMILES string of the molecule is Cc1c(-c2ccc(-c3ccc4c(c3)NCCC4)nc2C(=O)O)cnn1CC12CC3(C)CC(C)(C1)CC(OCCN(CCC(=O)OC(C)(C)C)C(=O)OC(C)(C)C)(C3)C2. The van der Waals surface area contributed by atoms with Crippen LogP contribution in [0, 0.1) is 23.2 Å². The van der Waals surface area contributed by atoms with Crippen LogP contribution < -0.4 is 5.32 Å². The number of aromatic nitrogens is 3. The van der Waals surface area contributed by atoms with Crippen molar-refractivity contribution in [3.63, 3.8) is 0 Å². The van der Waals surface area contributed by atoms with Crippen LogP contribution >= 0.6 is 0 Å². The number of carbonyl (C=O) groups excluding carboxylic acids is 2. The number of hydrogen-bond donors (Lipinski definition) is 2. The van der Waals surface area contributed by atoms with Gasteiger partial charge in [0.05, 0.1) is 30.5 Å². The van der Waals surface area contributed by atoms with Crippen LogP contribution in [0.15, 0.2) is 36.5 Å². The number of carboxylic acids is 1. The summed E-state index contributed by atoms with van der Waals surface area (Å²) in [7, 11) is 0. The van der Waals surface area contributed by atoms with Gasteiger partial charge in [-0.25, -0.2) is 14.6 Å². The molecule has 1 amide bonds. The Bertz CT molecular complexity index is 2060. The van der Waals surface area contributed by atoms with Crippen LogP contribution in [0.4, 0.5) is 10.5 Å². The first-order valence-electron chi connectivity index (χ1n) is 21.0. The summed E-state index contributed by atoms with van der Waals surface area (Å²) in [6, 6.07) is 9.98. The van der Waals surface area contributed by atoms with Crippen molar-refractivity contribution in [1.29, 1.82) is 0 Å². The van der Waals surface area contributed by atoms with E-state index in [1.54, 1.807) is 11.1 Å². The molecule has 0 radical (unpaired) electrons. The van der Waals surface area contributed by atoms with Gasteiger partial charge in [-0.15, -0.1) is 0 Å². The van der Waals surface area contributed by atoms with Crippen molar-refractivity contribution in [2.24, 2.45) is 16.2 Å². The molecule has 4 saturated carbocycles. The van der Waals surface area contributed by atoms with Crippen molar-refractivity contribution in [1.82, 2.24) is 19.7 Å². The number of esters is 1. The third kappa shape index (κ3) is 9.06. The second-order valence-corrected chi connectivity index (χ2v) is 20.6. The summed E-state index contributed by atoms with van der Waals surface area (Å²) in [5.74, 6) is -1.44. The summed E-state index contributed by atoms with van der Waals surface area (Å²) >= 11 is 0. The Balaban J connectivity index is 1.09. The van der Waals surface area contributed by atoms with E-state index in [0.29, 0.717) is 31.0 Å². The minimum atomic E-state index is -1.07. The average Bonchev–Trinajstić information content (AvgIpc) is 3.44. The Morgan fingerprint density at radius 1 is 0.897 bits per heavy atom. The number of nitrogens with zero attached hydrogens (tertiary/aromatic N) is 4. The van der Waals surface area contributed by atoms with Crippen LogP contribution in [-0.4, -0.2) is 85.8 Å².